The van der Waals surface area contributed by atoms with Gasteiger partial charge >= 0.3 is 0 Å². The summed E-state index contributed by atoms with van der Waals surface area (Å²) in [7, 11) is 0. The van der Waals surface area contributed by atoms with Crippen molar-refractivity contribution in [1.29, 1.82) is 0 Å². The maximum Gasteiger partial charge on any atom is 0.0656 e. The molecule has 0 saturated heterocycles. The molecule has 0 amide bonds. The van der Waals surface area contributed by atoms with Crippen LogP contribution < -0.4 is 0 Å². The van der Waals surface area contributed by atoms with Crippen LogP contribution in [0.15, 0.2) is 12.3 Å². The summed E-state index contributed by atoms with van der Waals surface area (Å²) in [5.74, 6) is 0. The number of rotatable bonds is 1. The summed E-state index contributed by atoms with van der Waals surface area (Å²) in [5, 5.41) is 8.97. The monoisotopic (exact) mass is 194 g/mol. The molecule has 1 heterocycles. The molecule has 0 radical (unpaired) electrons. The number of halogens is 1. The van der Waals surface area contributed by atoms with Gasteiger partial charge in [0.25, 0.3) is 0 Å². The van der Waals surface area contributed by atoms with Crippen molar-refractivity contribution in [2.75, 3.05) is 0 Å². The Kier molecular flexibility index (Phi) is 2.00. The van der Waals surface area contributed by atoms with Crippen LogP contribution in [0.1, 0.15) is 18.1 Å². The molecule has 2 nitrogen and oxygen atoms in total. The third-order valence-corrected chi connectivity index (χ3v) is 2.85. The van der Waals surface area contributed by atoms with E-state index >= 15 is 0 Å². The third-order valence-electron chi connectivity index (χ3n) is 2.32. The number of benzene rings is 1. The first kappa shape index (κ1) is 8.57. The van der Waals surface area contributed by atoms with Crippen molar-refractivity contribution in [3.8, 4) is 0 Å². The predicted octanol–water partition coefficient (Wildman–Crippen LogP) is 3.09. The molecule has 0 aliphatic rings. The summed E-state index contributed by atoms with van der Waals surface area (Å²) in [5.41, 5.74) is 3.36. The topological polar surface area (TPSA) is 28.7 Å². The molecule has 0 aliphatic heterocycles. The number of nitrogens with zero attached hydrogens (tertiary/aromatic N) is 1. The van der Waals surface area contributed by atoms with Crippen LogP contribution in [0.2, 0.25) is 5.02 Å². The van der Waals surface area contributed by atoms with Gasteiger partial charge in [-0.2, -0.15) is 5.10 Å². The predicted molar refractivity (Wildman–Crippen MR) is 55.2 cm³/mol. The molecule has 13 heavy (non-hydrogen) atoms. The number of H-pyrrole nitrogens is 1. The van der Waals surface area contributed by atoms with Gasteiger partial charge < -0.3 is 0 Å². The fourth-order valence-electron chi connectivity index (χ4n) is 1.63. The van der Waals surface area contributed by atoms with E-state index in [9.17, 15) is 0 Å². The van der Waals surface area contributed by atoms with E-state index < -0.39 is 0 Å². The van der Waals surface area contributed by atoms with Crippen LogP contribution in [-0.2, 0) is 6.42 Å². The van der Waals surface area contributed by atoms with E-state index in [0.717, 1.165) is 27.9 Å². The highest BCUT2D eigenvalue weighted by Crippen LogP contribution is 2.28. The van der Waals surface area contributed by atoms with Gasteiger partial charge in [-0.1, -0.05) is 18.5 Å². The first-order valence-electron chi connectivity index (χ1n) is 4.35. The lowest BCUT2D eigenvalue weighted by Crippen LogP contribution is -1.87. The van der Waals surface area contributed by atoms with Crippen LogP contribution in [-0.4, -0.2) is 10.2 Å². The molecule has 1 N–H and O–H groups in total. The van der Waals surface area contributed by atoms with Gasteiger partial charge in [0.1, 0.15) is 0 Å². The number of aromatic amines is 1. The minimum Gasteiger partial charge on any atom is -0.278 e. The van der Waals surface area contributed by atoms with E-state index in [2.05, 4.69) is 17.1 Å². The molecule has 0 spiro atoms. The quantitative estimate of drug-likeness (QED) is 0.743. The summed E-state index contributed by atoms with van der Waals surface area (Å²) in [6.45, 7) is 4.12. The Morgan fingerprint density at radius 2 is 2.31 bits per heavy atom. The van der Waals surface area contributed by atoms with Gasteiger partial charge in [0.2, 0.25) is 0 Å². The zero-order valence-electron chi connectivity index (χ0n) is 7.69. The Bertz CT molecular complexity index is 445. The summed E-state index contributed by atoms with van der Waals surface area (Å²) in [4.78, 5) is 0. The molecule has 1 aromatic heterocycles. The second-order valence-electron chi connectivity index (χ2n) is 3.17. The molecule has 0 aliphatic carbocycles. The summed E-state index contributed by atoms with van der Waals surface area (Å²) in [6, 6.07) is 2.03. The Balaban J connectivity index is 2.87. The molecule has 2 aromatic rings. The fraction of sp³-hybridized carbons (Fsp3) is 0.300. The van der Waals surface area contributed by atoms with Gasteiger partial charge in [-0.05, 0) is 30.5 Å². The van der Waals surface area contributed by atoms with Crippen LogP contribution in [0, 0.1) is 6.92 Å². The van der Waals surface area contributed by atoms with Crippen molar-refractivity contribution in [2.45, 2.75) is 20.3 Å². The molecule has 0 saturated carbocycles. The van der Waals surface area contributed by atoms with Gasteiger partial charge in [-0.15, -0.1) is 0 Å². The van der Waals surface area contributed by atoms with Crippen LogP contribution in [0.5, 0.6) is 0 Å². The first-order valence-corrected chi connectivity index (χ1v) is 4.73. The fourth-order valence-corrected chi connectivity index (χ4v) is 1.92. The minimum atomic E-state index is 0.872. The second-order valence-corrected chi connectivity index (χ2v) is 3.55. The molecule has 0 fully saturated rings. The molecule has 0 atom stereocenters. The van der Waals surface area contributed by atoms with Crippen molar-refractivity contribution in [3.63, 3.8) is 0 Å². The largest absolute Gasteiger partial charge is 0.278 e. The highest BCUT2D eigenvalue weighted by Gasteiger charge is 2.08. The number of aryl methyl sites for hydroxylation is 2. The second kappa shape index (κ2) is 3.04. The molecule has 3 heteroatoms. The average molecular weight is 195 g/mol. The molecule has 2 rings (SSSR count). The number of hydrogen-bond acceptors (Lipinski definition) is 1. The summed E-state index contributed by atoms with van der Waals surface area (Å²) < 4.78 is 0. The van der Waals surface area contributed by atoms with Gasteiger partial charge in [0.05, 0.1) is 11.7 Å². The van der Waals surface area contributed by atoms with E-state index in [0.29, 0.717) is 0 Å². The lowest BCUT2D eigenvalue weighted by molar-refractivity contribution is 1.12. The zero-order chi connectivity index (χ0) is 9.42. The standard InChI is InChI=1S/C10H11ClN2/c1-3-7-8-5-12-13-9(8)4-6(2)10(7)11/h4-5H,3H2,1-2H3,(H,12,13). The zero-order valence-corrected chi connectivity index (χ0v) is 8.44. The third kappa shape index (κ3) is 1.22. The minimum absolute atomic E-state index is 0.872. The Labute approximate surface area is 81.9 Å². The smallest absolute Gasteiger partial charge is 0.0656 e. The maximum atomic E-state index is 6.19. The summed E-state index contributed by atoms with van der Waals surface area (Å²) in [6.07, 6.45) is 2.77. The summed E-state index contributed by atoms with van der Waals surface area (Å²) >= 11 is 6.19. The average Bonchev–Trinajstić information content (AvgIpc) is 2.54. The number of hydrogen-bond donors (Lipinski definition) is 1. The van der Waals surface area contributed by atoms with E-state index in [1.54, 1.807) is 0 Å². The molecule has 0 unspecified atom stereocenters. The number of aromatic nitrogens is 2. The van der Waals surface area contributed by atoms with E-state index in [-0.39, 0.29) is 0 Å². The van der Waals surface area contributed by atoms with Crippen molar-refractivity contribution in [2.24, 2.45) is 0 Å². The Morgan fingerprint density at radius 1 is 1.54 bits per heavy atom. The van der Waals surface area contributed by atoms with Gasteiger partial charge in [0, 0.05) is 10.4 Å². The van der Waals surface area contributed by atoms with Gasteiger partial charge in [0.15, 0.2) is 0 Å². The first-order chi connectivity index (χ1) is 6.24. The number of fused-ring (bicyclic) bond motifs is 1. The number of nitrogens with one attached hydrogen (secondary N) is 1. The molecular weight excluding hydrogens is 184 g/mol. The van der Waals surface area contributed by atoms with Crippen LogP contribution in [0.3, 0.4) is 0 Å². The van der Waals surface area contributed by atoms with Gasteiger partial charge in [-0.3, -0.25) is 5.10 Å². The van der Waals surface area contributed by atoms with Crippen LogP contribution in [0.25, 0.3) is 10.9 Å². The lowest BCUT2D eigenvalue weighted by atomic mass is 10.0. The Hall–Kier alpha value is -1.02. The van der Waals surface area contributed by atoms with Gasteiger partial charge in [-0.25, -0.2) is 0 Å². The van der Waals surface area contributed by atoms with Crippen LogP contribution in [0.4, 0.5) is 0 Å². The highest BCUT2D eigenvalue weighted by atomic mass is 35.5. The molecular formula is C10H11ClN2. The lowest BCUT2D eigenvalue weighted by Gasteiger charge is -2.05. The molecule has 1 aromatic carbocycles. The normalized spacial score (nSPS) is 11.0. The molecule has 68 valence electrons. The van der Waals surface area contributed by atoms with Crippen molar-refractivity contribution >= 4 is 22.5 Å². The van der Waals surface area contributed by atoms with E-state index in [4.69, 9.17) is 11.6 Å². The van der Waals surface area contributed by atoms with Crippen LogP contribution >= 0.6 is 11.6 Å². The van der Waals surface area contributed by atoms with Crippen molar-refractivity contribution in [3.05, 3.63) is 28.4 Å². The van der Waals surface area contributed by atoms with Crippen molar-refractivity contribution < 1.29 is 0 Å². The van der Waals surface area contributed by atoms with E-state index in [1.807, 2.05) is 19.2 Å². The Morgan fingerprint density at radius 3 is 3.00 bits per heavy atom. The SMILES string of the molecule is CCc1c(Cl)c(C)cc2[nH]ncc12. The highest BCUT2D eigenvalue weighted by molar-refractivity contribution is 6.33. The van der Waals surface area contributed by atoms with Crippen molar-refractivity contribution in [1.82, 2.24) is 10.2 Å². The molecule has 0 bridgehead atoms. The maximum absolute atomic E-state index is 6.19. The van der Waals surface area contributed by atoms with E-state index in [1.165, 1.54) is 5.56 Å².